The minimum atomic E-state index is 0.525. The van der Waals surface area contributed by atoms with E-state index in [4.69, 9.17) is 19.9 Å². The van der Waals surface area contributed by atoms with Crippen LogP contribution in [0.4, 0.5) is 0 Å². The summed E-state index contributed by atoms with van der Waals surface area (Å²) in [6.45, 7) is 23.5. The number of pyridine rings is 2. The van der Waals surface area contributed by atoms with Crippen molar-refractivity contribution in [3.8, 4) is 0 Å². The first-order valence-corrected chi connectivity index (χ1v) is 17.1. The number of aryl methyl sites for hydroxylation is 2. The molecule has 236 valence electrons. The van der Waals surface area contributed by atoms with Crippen LogP contribution in [0.1, 0.15) is 71.5 Å². The quantitative estimate of drug-likeness (QED) is 0.278. The van der Waals surface area contributed by atoms with Crippen molar-refractivity contribution in [3.05, 3.63) is 47.5 Å². The highest BCUT2D eigenvalue weighted by atomic mass is 15.3. The molecule has 8 heteroatoms. The Morgan fingerprint density at radius 1 is 0.568 bits per heavy atom. The lowest BCUT2D eigenvalue weighted by molar-refractivity contribution is 0.0953. The molecule has 0 spiro atoms. The molecule has 8 nitrogen and oxygen atoms in total. The molecule has 6 rings (SSSR count). The van der Waals surface area contributed by atoms with Gasteiger partial charge >= 0.3 is 0 Å². The largest absolute Gasteiger partial charge is 0.298 e. The highest BCUT2D eigenvalue weighted by Gasteiger charge is 2.22. The summed E-state index contributed by atoms with van der Waals surface area (Å²) in [5.41, 5.74) is 7.25. The van der Waals surface area contributed by atoms with Crippen molar-refractivity contribution in [2.75, 3.05) is 52.4 Å². The summed E-state index contributed by atoms with van der Waals surface area (Å²) < 4.78 is 0. The van der Waals surface area contributed by atoms with Crippen molar-refractivity contribution in [2.24, 2.45) is 0 Å². The normalized spacial score (nSPS) is 19.3. The molecule has 1 fully saturated rings. The maximum absolute atomic E-state index is 5.32. The van der Waals surface area contributed by atoms with E-state index in [-0.39, 0.29) is 0 Å². The number of nitrogens with zero attached hydrogens (tertiary/aromatic N) is 8. The molecular weight excluding hydrogens is 544 g/mol. The first-order chi connectivity index (χ1) is 21.3. The highest BCUT2D eigenvalue weighted by Crippen LogP contribution is 2.33. The van der Waals surface area contributed by atoms with Gasteiger partial charge in [0.05, 0.1) is 39.1 Å². The van der Waals surface area contributed by atoms with Crippen molar-refractivity contribution in [1.82, 2.24) is 39.5 Å². The van der Waals surface area contributed by atoms with Gasteiger partial charge in [-0.25, -0.2) is 15.0 Å². The van der Waals surface area contributed by atoms with E-state index in [0.717, 1.165) is 122 Å². The third-order valence-corrected chi connectivity index (χ3v) is 9.96. The second-order valence-electron chi connectivity index (χ2n) is 13.8. The molecule has 0 N–H and O–H groups in total. The van der Waals surface area contributed by atoms with Gasteiger partial charge in [-0.1, -0.05) is 0 Å². The van der Waals surface area contributed by atoms with Crippen LogP contribution in [0.25, 0.3) is 32.8 Å². The molecule has 44 heavy (non-hydrogen) atoms. The van der Waals surface area contributed by atoms with Gasteiger partial charge in [0.15, 0.2) is 0 Å². The predicted molar refractivity (Wildman–Crippen MR) is 182 cm³/mol. The molecule has 0 saturated carbocycles. The molecule has 4 heterocycles. The van der Waals surface area contributed by atoms with Crippen LogP contribution < -0.4 is 0 Å². The Balaban J connectivity index is 1.32. The fourth-order valence-corrected chi connectivity index (χ4v) is 7.05. The summed E-state index contributed by atoms with van der Waals surface area (Å²) in [6, 6.07) is 10.2. The summed E-state index contributed by atoms with van der Waals surface area (Å²) in [5, 5.41) is 2.12. The summed E-state index contributed by atoms with van der Waals surface area (Å²) >= 11 is 0. The van der Waals surface area contributed by atoms with Gasteiger partial charge in [0, 0.05) is 94.0 Å². The minimum Gasteiger partial charge on any atom is -0.298 e. The number of fused-ring (bicyclic) bond motifs is 7. The van der Waals surface area contributed by atoms with Gasteiger partial charge in [-0.15, -0.1) is 0 Å². The molecule has 4 aromatic rings. The van der Waals surface area contributed by atoms with Gasteiger partial charge in [-0.05, 0) is 91.5 Å². The molecule has 0 amide bonds. The number of hydrogen-bond acceptors (Lipinski definition) is 8. The molecular formula is C36H52N8. The van der Waals surface area contributed by atoms with Crippen LogP contribution in [0, 0.1) is 0 Å². The summed E-state index contributed by atoms with van der Waals surface area (Å²) in [5.74, 6) is 0. The van der Waals surface area contributed by atoms with Gasteiger partial charge in [-0.2, -0.15) is 0 Å². The molecule has 1 aromatic carbocycles. The Labute approximate surface area is 263 Å². The average molecular weight is 597 g/mol. The van der Waals surface area contributed by atoms with Crippen molar-refractivity contribution < 1.29 is 0 Å². The molecule has 3 aromatic heterocycles. The number of hydrogen-bond donors (Lipinski definition) is 0. The van der Waals surface area contributed by atoms with Crippen molar-refractivity contribution in [2.45, 2.75) is 91.9 Å². The summed E-state index contributed by atoms with van der Waals surface area (Å²) in [4.78, 5) is 31.1. The third kappa shape index (κ3) is 6.74. The lowest BCUT2D eigenvalue weighted by atomic mass is 9.99. The van der Waals surface area contributed by atoms with E-state index < -0.39 is 0 Å². The van der Waals surface area contributed by atoms with Crippen molar-refractivity contribution in [3.63, 3.8) is 0 Å². The van der Waals surface area contributed by atoms with Gasteiger partial charge in [0.25, 0.3) is 0 Å². The van der Waals surface area contributed by atoms with E-state index >= 15 is 0 Å². The van der Waals surface area contributed by atoms with Crippen LogP contribution in [0.3, 0.4) is 0 Å². The lowest BCUT2D eigenvalue weighted by Gasteiger charge is -2.37. The zero-order valence-electron chi connectivity index (χ0n) is 27.9. The average Bonchev–Trinajstić information content (AvgIpc) is 3.01. The fraction of sp³-hybridized carbons (Fsp3) is 0.611. The standard InChI is InChI=1S/C36H52N8/c1-25(2)42-18-16-41(17-19-43(26(3)4)21-23-44(22-20-42)27(5)6)24-28-13-14-30-34(38-28)33-29(10-9-15-37-33)35-36(30)40-32-12-8-7-11-31(32)39-35/h9-10,13-15,25-27H,7-8,11-12,16-24H2,1-6H3. The molecule has 0 unspecified atom stereocenters. The molecule has 0 atom stereocenters. The molecule has 1 aliphatic heterocycles. The minimum absolute atomic E-state index is 0.525. The second kappa shape index (κ2) is 13.7. The number of rotatable bonds is 5. The fourth-order valence-electron chi connectivity index (χ4n) is 7.05. The zero-order valence-corrected chi connectivity index (χ0v) is 27.9. The van der Waals surface area contributed by atoms with Crippen molar-refractivity contribution in [1.29, 1.82) is 0 Å². The van der Waals surface area contributed by atoms with E-state index in [1.165, 1.54) is 12.8 Å². The molecule has 1 aliphatic carbocycles. The third-order valence-electron chi connectivity index (χ3n) is 9.96. The SMILES string of the molecule is CC(C)N1CCN(Cc2ccc3c(n2)c2ncccc2c2nc4c(nc32)CCCC4)CCN(C(C)C)CCN(C(C)C)CC1. The first-order valence-electron chi connectivity index (χ1n) is 17.1. The second-order valence-corrected chi connectivity index (χ2v) is 13.8. The lowest BCUT2D eigenvalue weighted by Crippen LogP contribution is -2.49. The maximum Gasteiger partial charge on any atom is 0.0992 e. The Kier molecular flexibility index (Phi) is 9.71. The maximum atomic E-state index is 5.32. The van der Waals surface area contributed by atoms with E-state index in [9.17, 15) is 0 Å². The smallest absolute Gasteiger partial charge is 0.0992 e. The van der Waals surface area contributed by atoms with Crippen LogP contribution >= 0.6 is 0 Å². The van der Waals surface area contributed by atoms with E-state index in [1.807, 2.05) is 12.3 Å². The van der Waals surface area contributed by atoms with Gasteiger partial charge in [0.2, 0.25) is 0 Å². The Morgan fingerprint density at radius 2 is 1.05 bits per heavy atom. The van der Waals surface area contributed by atoms with Crippen LogP contribution in [-0.2, 0) is 19.4 Å². The van der Waals surface area contributed by atoms with Crippen LogP contribution in [0.5, 0.6) is 0 Å². The number of aromatic nitrogens is 4. The highest BCUT2D eigenvalue weighted by molar-refractivity contribution is 6.20. The molecule has 1 saturated heterocycles. The van der Waals surface area contributed by atoms with E-state index in [1.54, 1.807) is 0 Å². The van der Waals surface area contributed by atoms with Gasteiger partial charge < -0.3 is 0 Å². The number of benzene rings is 1. The van der Waals surface area contributed by atoms with Gasteiger partial charge in [-0.3, -0.25) is 24.6 Å². The topological polar surface area (TPSA) is 64.5 Å². The predicted octanol–water partition coefficient (Wildman–Crippen LogP) is 5.55. The summed E-state index contributed by atoms with van der Waals surface area (Å²) in [6.07, 6.45) is 6.30. The molecule has 0 bridgehead atoms. The Hall–Kier alpha value is -2.78. The van der Waals surface area contributed by atoms with Crippen LogP contribution in [0.15, 0.2) is 30.5 Å². The zero-order chi connectivity index (χ0) is 30.8. The van der Waals surface area contributed by atoms with Crippen LogP contribution in [0.2, 0.25) is 0 Å². The first kappa shape index (κ1) is 31.2. The molecule has 0 radical (unpaired) electrons. The Morgan fingerprint density at radius 3 is 1.57 bits per heavy atom. The van der Waals surface area contributed by atoms with Crippen LogP contribution in [-0.4, -0.2) is 110 Å². The van der Waals surface area contributed by atoms with Gasteiger partial charge in [0.1, 0.15) is 0 Å². The van der Waals surface area contributed by atoms with E-state index in [2.05, 4.69) is 79.3 Å². The monoisotopic (exact) mass is 596 g/mol. The van der Waals surface area contributed by atoms with E-state index in [0.29, 0.717) is 18.1 Å². The molecule has 2 aliphatic rings. The van der Waals surface area contributed by atoms with Crippen molar-refractivity contribution >= 4 is 32.8 Å². The Bertz CT molecular complexity index is 1560. The summed E-state index contributed by atoms with van der Waals surface area (Å²) in [7, 11) is 0.